The molecule has 0 radical (unpaired) electrons. The van der Waals surface area contributed by atoms with Crippen LogP contribution in [-0.2, 0) is 16.2 Å². The van der Waals surface area contributed by atoms with Gasteiger partial charge < -0.3 is 0 Å². The standard InChI is InChI=1S/C87H75N3/c1-85(2,3)67-43-46-88-82(55-67)61-37-40-76(79(52-61)58-25-13-10-14-26-58)73-34-22-19-31-70(73)64-49-65(71-32-20-23-35-74(71)77-41-38-62(53-80(77)59-27-15-11-16-28-59)83-56-68(44-47-89-83)86(4,5)6)51-66(50-64)72-33-21-24-36-75(72)78-42-39-63(54-81(78)60-29-17-12-18-30-60)84-57-69(45-48-90-84)87(7,8)9/h10-57H,1-9H3. The molecule has 3 nitrogen and oxygen atoms in total. The molecule has 0 aliphatic heterocycles. The third-order valence-corrected chi connectivity index (χ3v) is 17.6. The van der Waals surface area contributed by atoms with Crippen molar-refractivity contribution in [2.24, 2.45) is 0 Å². The Morgan fingerprint density at radius 1 is 0.178 bits per heavy atom. The first-order valence-electron chi connectivity index (χ1n) is 31.5. The van der Waals surface area contributed by atoms with Crippen molar-refractivity contribution in [2.45, 2.75) is 78.6 Å². The Morgan fingerprint density at radius 2 is 0.411 bits per heavy atom. The summed E-state index contributed by atoms with van der Waals surface area (Å²) in [4.78, 5) is 14.9. The fourth-order valence-electron chi connectivity index (χ4n) is 12.6. The summed E-state index contributed by atoms with van der Waals surface area (Å²) in [5.74, 6) is 0. The molecule has 13 rings (SSSR count). The predicted molar refractivity (Wildman–Crippen MR) is 381 cm³/mol. The third kappa shape index (κ3) is 12.2. The number of aromatic nitrogens is 3. The zero-order chi connectivity index (χ0) is 62.2. The number of benzene rings is 10. The van der Waals surface area contributed by atoms with Gasteiger partial charge in [0, 0.05) is 35.3 Å². The quantitative estimate of drug-likeness (QED) is 0.122. The third-order valence-electron chi connectivity index (χ3n) is 17.6. The molecule has 0 aliphatic carbocycles. The molecule has 0 saturated heterocycles. The number of rotatable bonds is 12. The summed E-state index contributed by atoms with van der Waals surface area (Å²) in [5.41, 5.74) is 30.2. The second kappa shape index (κ2) is 24.3. The van der Waals surface area contributed by atoms with Gasteiger partial charge in [0.25, 0.3) is 0 Å². The Labute approximate surface area is 532 Å². The van der Waals surface area contributed by atoms with E-state index in [2.05, 4.69) is 335 Å². The van der Waals surface area contributed by atoms with Crippen LogP contribution in [0.5, 0.6) is 0 Å². The lowest BCUT2D eigenvalue weighted by Gasteiger charge is -2.21. The summed E-state index contributed by atoms with van der Waals surface area (Å²) in [5, 5.41) is 0. The second-order valence-corrected chi connectivity index (χ2v) is 26.9. The Balaban J connectivity index is 1.04. The van der Waals surface area contributed by atoms with E-state index in [1.807, 2.05) is 18.6 Å². The van der Waals surface area contributed by atoms with Gasteiger partial charge in [-0.1, -0.05) is 263 Å². The van der Waals surface area contributed by atoms with Gasteiger partial charge in [-0.3, -0.25) is 15.0 Å². The lowest BCUT2D eigenvalue weighted by Crippen LogP contribution is -2.11. The fraction of sp³-hybridized carbons (Fsp3) is 0.138. The lowest BCUT2D eigenvalue weighted by molar-refractivity contribution is 0.589. The van der Waals surface area contributed by atoms with Crippen molar-refractivity contribution in [3.8, 4) is 134 Å². The maximum atomic E-state index is 4.96. The van der Waals surface area contributed by atoms with Crippen LogP contribution in [0.15, 0.2) is 292 Å². The smallest absolute Gasteiger partial charge is 0.0705 e. The molecule has 0 aliphatic rings. The van der Waals surface area contributed by atoms with E-state index in [4.69, 9.17) is 15.0 Å². The minimum atomic E-state index is -0.0233. The highest BCUT2D eigenvalue weighted by Crippen LogP contribution is 2.48. The van der Waals surface area contributed by atoms with Crippen LogP contribution in [-0.4, -0.2) is 15.0 Å². The average Bonchev–Trinajstić information content (AvgIpc) is 0.833. The fourth-order valence-corrected chi connectivity index (χ4v) is 12.6. The summed E-state index contributed by atoms with van der Waals surface area (Å²) in [7, 11) is 0. The molecular formula is C87H75N3. The van der Waals surface area contributed by atoms with Crippen LogP contribution >= 0.6 is 0 Å². The molecule has 0 unspecified atom stereocenters. The molecule has 0 saturated carbocycles. The molecule has 3 heterocycles. The minimum Gasteiger partial charge on any atom is -0.256 e. The molecule has 3 heteroatoms. The van der Waals surface area contributed by atoms with Crippen LogP contribution in [0.1, 0.15) is 79.0 Å². The van der Waals surface area contributed by atoms with E-state index in [1.54, 1.807) is 0 Å². The van der Waals surface area contributed by atoms with Gasteiger partial charge in [-0.05, 0) is 206 Å². The molecule has 13 aromatic rings. The summed E-state index contributed by atoms with van der Waals surface area (Å²) in [6.45, 7) is 20.3. The van der Waals surface area contributed by atoms with Crippen LogP contribution in [0.4, 0.5) is 0 Å². The number of hydrogen-bond acceptors (Lipinski definition) is 3. The average molecular weight is 1160 g/mol. The summed E-state index contributed by atoms with van der Waals surface area (Å²) in [6, 6.07) is 100. The SMILES string of the molecule is CC(C)(C)c1ccnc(-c2ccc(-c3ccccc3-c3cc(-c4ccccc4-c4ccc(-c5cc(C(C)(C)C)ccn5)cc4-c4ccccc4)cc(-c4ccccc4-c4ccc(-c5cc(C(C)(C)C)ccn5)cc4-c4ccccc4)c3)c(-c3ccccc3)c2)c1. The molecule has 0 N–H and O–H groups in total. The summed E-state index contributed by atoms with van der Waals surface area (Å²) in [6.07, 6.45) is 5.85. The van der Waals surface area contributed by atoms with Gasteiger partial charge in [0.15, 0.2) is 0 Å². The van der Waals surface area contributed by atoms with Crippen LogP contribution in [0.3, 0.4) is 0 Å². The number of pyridine rings is 3. The van der Waals surface area contributed by atoms with E-state index in [0.717, 1.165) is 134 Å². The van der Waals surface area contributed by atoms with Crippen molar-refractivity contribution < 1.29 is 0 Å². The van der Waals surface area contributed by atoms with Crippen LogP contribution in [0, 0.1) is 0 Å². The van der Waals surface area contributed by atoms with E-state index in [1.165, 1.54) is 16.7 Å². The zero-order valence-electron chi connectivity index (χ0n) is 53.1. The maximum absolute atomic E-state index is 4.96. The minimum absolute atomic E-state index is 0.0233. The molecule has 90 heavy (non-hydrogen) atoms. The van der Waals surface area contributed by atoms with Crippen molar-refractivity contribution in [1.82, 2.24) is 15.0 Å². The number of hydrogen-bond donors (Lipinski definition) is 0. The molecule has 0 bridgehead atoms. The van der Waals surface area contributed by atoms with Gasteiger partial charge in [-0.15, -0.1) is 0 Å². The van der Waals surface area contributed by atoms with Gasteiger partial charge in [-0.2, -0.15) is 0 Å². The Hall–Kier alpha value is -10.4. The first-order valence-corrected chi connectivity index (χ1v) is 31.5. The predicted octanol–water partition coefficient (Wildman–Crippen LogP) is 23.8. The molecule has 0 amide bonds. The first-order chi connectivity index (χ1) is 43.5. The van der Waals surface area contributed by atoms with Crippen molar-refractivity contribution in [3.63, 3.8) is 0 Å². The van der Waals surface area contributed by atoms with Crippen LogP contribution in [0.2, 0.25) is 0 Å². The molecule has 3 aromatic heterocycles. The van der Waals surface area contributed by atoms with Crippen LogP contribution in [0.25, 0.3) is 134 Å². The zero-order valence-corrected chi connectivity index (χ0v) is 53.1. The normalized spacial score (nSPS) is 11.8. The van der Waals surface area contributed by atoms with E-state index in [0.29, 0.717) is 0 Å². The highest BCUT2D eigenvalue weighted by Gasteiger charge is 2.24. The lowest BCUT2D eigenvalue weighted by atomic mass is 9.83. The van der Waals surface area contributed by atoms with Gasteiger partial charge in [0.1, 0.15) is 0 Å². The summed E-state index contributed by atoms with van der Waals surface area (Å²) < 4.78 is 0. The molecule has 438 valence electrons. The van der Waals surface area contributed by atoms with E-state index >= 15 is 0 Å². The van der Waals surface area contributed by atoms with Gasteiger partial charge >= 0.3 is 0 Å². The van der Waals surface area contributed by atoms with Crippen LogP contribution < -0.4 is 0 Å². The largest absolute Gasteiger partial charge is 0.256 e. The van der Waals surface area contributed by atoms with E-state index in [9.17, 15) is 0 Å². The van der Waals surface area contributed by atoms with Crippen molar-refractivity contribution in [1.29, 1.82) is 0 Å². The number of nitrogens with zero attached hydrogens (tertiary/aromatic N) is 3. The van der Waals surface area contributed by atoms with Crippen molar-refractivity contribution in [3.05, 3.63) is 308 Å². The first kappa shape index (κ1) is 58.7. The van der Waals surface area contributed by atoms with Gasteiger partial charge in [-0.25, -0.2) is 0 Å². The highest BCUT2D eigenvalue weighted by molar-refractivity contribution is 6.00. The van der Waals surface area contributed by atoms with Crippen molar-refractivity contribution >= 4 is 0 Å². The highest BCUT2D eigenvalue weighted by atomic mass is 14.7. The maximum Gasteiger partial charge on any atom is 0.0705 e. The topological polar surface area (TPSA) is 38.7 Å². The molecule has 0 atom stereocenters. The molecular weight excluding hydrogens is 1090 g/mol. The Kier molecular flexibility index (Phi) is 15.8. The molecule has 0 spiro atoms. The van der Waals surface area contributed by atoms with Gasteiger partial charge in [0.2, 0.25) is 0 Å². The van der Waals surface area contributed by atoms with E-state index in [-0.39, 0.29) is 16.2 Å². The molecule has 0 fully saturated rings. The second-order valence-electron chi connectivity index (χ2n) is 26.9. The Bertz CT molecular complexity index is 4250. The molecule has 10 aromatic carbocycles. The monoisotopic (exact) mass is 1160 g/mol. The summed E-state index contributed by atoms with van der Waals surface area (Å²) >= 11 is 0. The van der Waals surface area contributed by atoms with Gasteiger partial charge in [0.05, 0.1) is 17.1 Å². The van der Waals surface area contributed by atoms with E-state index < -0.39 is 0 Å². The van der Waals surface area contributed by atoms with Crippen molar-refractivity contribution in [2.75, 3.05) is 0 Å². The Morgan fingerprint density at radius 3 is 0.667 bits per heavy atom.